The number of hydrogen-bond donors (Lipinski definition) is 1. The number of H-pyrrole nitrogens is 1. The average Bonchev–Trinajstić information content (AvgIpc) is 2.68. The largest absolute Gasteiger partial charge is 0.378 e. The number of rotatable bonds is 2. The minimum absolute atomic E-state index is 0.0736. The molecular weight excluding hydrogens is 180 g/mol. The third kappa shape index (κ3) is 1.80. The molecule has 0 atom stereocenters. The normalized spacial score (nSPS) is 17.1. The van der Waals surface area contributed by atoms with Gasteiger partial charge < -0.3 is 14.6 Å². The van der Waals surface area contributed by atoms with E-state index in [4.69, 9.17) is 4.74 Å². The number of aromatic nitrogens is 1. The van der Waals surface area contributed by atoms with Gasteiger partial charge in [0.15, 0.2) is 5.78 Å². The van der Waals surface area contributed by atoms with Gasteiger partial charge in [-0.25, -0.2) is 0 Å². The summed E-state index contributed by atoms with van der Waals surface area (Å²) in [4.78, 5) is 16.3. The molecule has 1 aromatic rings. The number of anilines is 1. The summed E-state index contributed by atoms with van der Waals surface area (Å²) in [7, 11) is 0. The van der Waals surface area contributed by atoms with Crippen molar-refractivity contribution in [1.29, 1.82) is 0 Å². The lowest BCUT2D eigenvalue weighted by molar-refractivity contribution is 0.101. The second-order valence-electron chi connectivity index (χ2n) is 3.43. The smallest absolute Gasteiger partial charge is 0.176 e. The quantitative estimate of drug-likeness (QED) is 0.716. The number of carbonyl (C=O) groups excluding carboxylic acids is 1. The SMILES string of the molecule is CC(=O)c1cc(N2CCOCC2)c[nH]1. The van der Waals surface area contributed by atoms with Crippen LogP contribution in [0.4, 0.5) is 5.69 Å². The summed E-state index contributed by atoms with van der Waals surface area (Å²) in [5.41, 5.74) is 1.75. The van der Waals surface area contributed by atoms with Gasteiger partial charge in [-0.15, -0.1) is 0 Å². The van der Waals surface area contributed by atoms with Gasteiger partial charge in [0, 0.05) is 26.2 Å². The summed E-state index contributed by atoms with van der Waals surface area (Å²) in [5.74, 6) is 0.0736. The summed E-state index contributed by atoms with van der Waals surface area (Å²) < 4.78 is 5.26. The zero-order valence-electron chi connectivity index (χ0n) is 8.25. The molecule has 0 amide bonds. The molecule has 4 heteroatoms. The maximum absolute atomic E-state index is 11.1. The predicted octanol–water partition coefficient (Wildman–Crippen LogP) is 1.05. The van der Waals surface area contributed by atoms with Crippen LogP contribution >= 0.6 is 0 Å². The van der Waals surface area contributed by atoms with Crippen molar-refractivity contribution in [3.8, 4) is 0 Å². The second kappa shape index (κ2) is 3.84. The lowest BCUT2D eigenvalue weighted by Crippen LogP contribution is -2.35. The summed E-state index contributed by atoms with van der Waals surface area (Å²) >= 11 is 0. The van der Waals surface area contributed by atoms with Crippen molar-refractivity contribution in [1.82, 2.24) is 4.98 Å². The molecule has 1 fully saturated rings. The number of morpholine rings is 1. The van der Waals surface area contributed by atoms with E-state index in [2.05, 4.69) is 9.88 Å². The molecule has 14 heavy (non-hydrogen) atoms. The highest BCUT2D eigenvalue weighted by Crippen LogP contribution is 2.17. The van der Waals surface area contributed by atoms with Gasteiger partial charge in [-0.05, 0) is 6.07 Å². The van der Waals surface area contributed by atoms with E-state index in [0.29, 0.717) is 5.69 Å². The van der Waals surface area contributed by atoms with Gasteiger partial charge in [0.2, 0.25) is 0 Å². The third-order valence-corrected chi connectivity index (χ3v) is 2.42. The monoisotopic (exact) mass is 194 g/mol. The van der Waals surface area contributed by atoms with E-state index in [1.807, 2.05) is 12.3 Å². The molecule has 2 rings (SSSR count). The number of nitrogens with zero attached hydrogens (tertiary/aromatic N) is 1. The lowest BCUT2D eigenvalue weighted by atomic mass is 10.3. The molecule has 1 aliphatic heterocycles. The summed E-state index contributed by atoms with van der Waals surface area (Å²) in [6.45, 7) is 4.89. The summed E-state index contributed by atoms with van der Waals surface area (Å²) in [6, 6.07) is 1.90. The number of aromatic amines is 1. The Balaban J connectivity index is 2.11. The number of hydrogen-bond acceptors (Lipinski definition) is 3. The van der Waals surface area contributed by atoms with Crippen LogP contribution in [0, 0.1) is 0 Å². The van der Waals surface area contributed by atoms with Gasteiger partial charge in [0.1, 0.15) is 0 Å². The standard InChI is InChI=1S/C10H14N2O2/c1-8(13)10-6-9(7-11-10)12-2-4-14-5-3-12/h6-7,11H,2-5H2,1H3. The van der Waals surface area contributed by atoms with Gasteiger partial charge in [0.25, 0.3) is 0 Å². The Morgan fingerprint density at radius 3 is 2.79 bits per heavy atom. The number of carbonyl (C=O) groups is 1. The molecule has 0 bridgehead atoms. The molecule has 2 heterocycles. The van der Waals surface area contributed by atoms with Gasteiger partial charge in [-0.3, -0.25) is 4.79 Å². The molecule has 1 aliphatic rings. The van der Waals surface area contributed by atoms with E-state index in [-0.39, 0.29) is 5.78 Å². The third-order valence-electron chi connectivity index (χ3n) is 2.42. The first-order valence-corrected chi connectivity index (χ1v) is 4.79. The van der Waals surface area contributed by atoms with Gasteiger partial charge in [-0.1, -0.05) is 0 Å². The topological polar surface area (TPSA) is 45.3 Å². The van der Waals surface area contributed by atoms with Crippen molar-refractivity contribution >= 4 is 11.5 Å². The van der Waals surface area contributed by atoms with Gasteiger partial charge in [0.05, 0.1) is 24.6 Å². The van der Waals surface area contributed by atoms with E-state index in [9.17, 15) is 4.79 Å². The molecule has 4 nitrogen and oxygen atoms in total. The van der Waals surface area contributed by atoms with E-state index >= 15 is 0 Å². The van der Waals surface area contributed by atoms with E-state index in [0.717, 1.165) is 32.0 Å². The van der Waals surface area contributed by atoms with E-state index < -0.39 is 0 Å². The Kier molecular flexibility index (Phi) is 2.54. The molecule has 1 N–H and O–H groups in total. The van der Waals surface area contributed by atoms with Crippen molar-refractivity contribution in [2.45, 2.75) is 6.92 Å². The Hall–Kier alpha value is -1.29. The summed E-state index contributed by atoms with van der Waals surface area (Å²) in [6.07, 6.45) is 1.88. The highest BCUT2D eigenvalue weighted by Gasteiger charge is 2.13. The van der Waals surface area contributed by atoms with Crippen LogP contribution in [-0.4, -0.2) is 37.1 Å². The van der Waals surface area contributed by atoms with Crippen LogP contribution in [-0.2, 0) is 4.74 Å². The number of nitrogens with one attached hydrogen (secondary N) is 1. The van der Waals surface area contributed by atoms with Crippen molar-refractivity contribution in [3.63, 3.8) is 0 Å². The van der Waals surface area contributed by atoms with Crippen molar-refractivity contribution in [2.75, 3.05) is 31.2 Å². The maximum Gasteiger partial charge on any atom is 0.176 e. The fourth-order valence-corrected chi connectivity index (χ4v) is 1.59. The van der Waals surface area contributed by atoms with Crippen LogP contribution in [0.5, 0.6) is 0 Å². The highest BCUT2D eigenvalue weighted by molar-refractivity contribution is 5.93. The van der Waals surface area contributed by atoms with E-state index in [1.165, 1.54) is 0 Å². The molecule has 76 valence electrons. The minimum Gasteiger partial charge on any atom is -0.378 e. The number of ketones is 1. The molecule has 0 radical (unpaired) electrons. The minimum atomic E-state index is 0.0736. The fourth-order valence-electron chi connectivity index (χ4n) is 1.59. The Labute approximate surface area is 82.9 Å². The zero-order valence-corrected chi connectivity index (χ0v) is 8.25. The number of ether oxygens (including phenoxy) is 1. The molecule has 0 aliphatic carbocycles. The van der Waals surface area contributed by atoms with Crippen molar-refractivity contribution in [2.24, 2.45) is 0 Å². The number of Topliss-reactive ketones (excluding diaryl/α,β-unsaturated/α-hetero) is 1. The Morgan fingerprint density at radius 2 is 2.21 bits per heavy atom. The molecule has 0 spiro atoms. The molecule has 1 saturated heterocycles. The van der Waals surface area contributed by atoms with E-state index in [1.54, 1.807) is 6.92 Å². The fraction of sp³-hybridized carbons (Fsp3) is 0.500. The van der Waals surface area contributed by atoms with Gasteiger partial charge in [-0.2, -0.15) is 0 Å². The van der Waals surface area contributed by atoms with Gasteiger partial charge >= 0.3 is 0 Å². The zero-order chi connectivity index (χ0) is 9.97. The molecule has 1 aromatic heterocycles. The first kappa shape index (κ1) is 9.27. The van der Waals surface area contributed by atoms with Crippen LogP contribution in [0.15, 0.2) is 12.3 Å². The molecule has 0 unspecified atom stereocenters. The van der Waals surface area contributed by atoms with Crippen LogP contribution in [0.1, 0.15) is 17.4 Å². The maximum atomic E-state index is 11.1. The first-order chi connectivity index (χ1) is 6.77. The first-order valence-electron chi connectivity index (χ1n) is 4.79. The average molecular weight is 194 g/mol. The molecule has 0 aromatic carbocycles. The van der Waals surface area contributed by atoms with Crippen LogP contribution in [0.25, 0.3) is 0 Å². The predicted molar refractivity (Wildman–Crippen MR) is 53.8 cm³/mol. The highest BCUT2D eigenvalue weighted by atomic mass is 16.5. The molecule has 0 saturated carbocycles. The summed E-state index contributed by atoms with van der Waals surface area (Å²) in [5, 5.41) is 0. The van der Waals surface area contributed by atoms with Crippen molar-refractivity contribution in [3.05, 3.63) is 18.0 Å². The van der Waals surface area contributed by atoms with Crippen LogP contribution in [0.2, 0.25) is 0 Å². The molecular formula is C10H14N2O2. The van der Waals surface area contributed by atoms with Crippen LogP contribution < -0.4 is 4.90 Å². The Morgan fingerprint density at radius 1 is 1.50 bits per heavy atom. The second-order valence-corrected chi connectivity index (χ2v) is 3.43. The van der Waals surface area contributed by atoms with Crippen LogP contribution in [0.3, 0.4) is 0 Å². The lowest BCUT2D eigenvalue weighted by Gasteiger charge is -2.27. The van der Waals surface area contributed by atoms with Crippen molar-refractivity contribution < 1.29 is 9.53 Å². The Bertz CT molecular complexity index is 327.